The molecule has 6 heteroatoms. The highest BCUT2D eigenvalue weighted by atomic mass is 16.7. The van der Waals surface area contributed by atoms with Gasteiger partial charge in [-0.25, -0.2) is 0 Å². The van der Waals surface area contributed by atoms with E-state index in [0.29, 0.717) is 0 Å². The van der Waals surface area contributed by atoms with E-state index in [4.69, 9.17) is 15.2 Å². The lowest BCUT2D eigenvalue weighted by Gasteiger charge is -2.39. The molecule has 0 amide bonds. The third-order valence-electron chi connectivity index (χ3n) is 2.13. The average molecular weight is 193 g/mol. The standard InChI is InChI=1S/C7H15NO5/c1-12-7-6(11)5(10)4(9)3(2-8)13-7/h3-7,9-11H,2,8H2,1H3/t3-,4-,5?,6-,7+/m1/s1. The molecular formula is C7H15NO5. The predicted octanol–water partition coefficient (Wildman–Crippen LogP) is -2.60. The minimum absolute atomic E-state index is 0.0603. The number of aliphatic hydroxyl groups excluding tert-OH is 3. The summed E-state index contributed by atoms with van der Waals surface area (Å²) in [5, 5.41) is 28.0. The summed E-state index contributed by atoms with van der Waals surface area (Å²) in [6.07, 6.45) is -5.35. The Balaban J connectivity index is 2.66. The van der Waals surface area contributed by atoms with E-state index in [0.717, 1.165) is 0 Å². The van der Waals surface area contributed by atoms with Gasteiger partial charge in [-0.2, -0.15) is 0 Å². The SMILES string of the molecule is CO[C@H]1O[C@H](CN)[C@@H](O)C(O)[C@H]1O. The van der Waals surface area contributed by atoms with Crippen LogP contribution in [0, 0.1) is 0 Å². The topological polar surface area (TPSA) is 105 Å². The van der Waals surface area contributed by atoms with Gasteiger partial charge in [0.1, 0.15) is 24.4 Å². The molecule has 0 aromatic carbocycles. The Hall–Kier alpha value is -0.240. The maximum atomic E-state index is 9.35. The van der Waals surface area contributed by atoms with Gasteiger partial charge in [-0.15, -0.1) is 0 Å². The van der Waals surface area contributed by atoms with Crippen molar-refractivity contribution in [3.8, 4) is 0 Å². The van der Waals surface area contributed by atoms with Crippen molar-refractivity contribution in [2.24, 2.45) is 5.73 Å². The second kappa shape index (κ2) is 4.32. The Kier molecular flexibility index (Phi) is 3.60. The fraction of sp³-hybridized carbons (Fsp3) is 1.00. The quantitative estimate of drug-likeness (QED) is 0.383. The summed E-state index contributed by atoms with van der Waals surface area (Å²) in [6.45, 7) is 0.0603. The number of aliphatic hydroxyl groups is 3. The summed E-state index contributed by atoms with van der Waals surface area (Å²) in [4.78, 5) is 0. The second-order valence-corrected chi connectivity index (χ2v) is 2.99. The van der Waals surface area contributed by atoms with E-state index in [9.17, 15) is 15.3 Å². The van der Waals surface area contributed by atoms with Crippen LogP contribution in [0.15, 0.2) is 0 Å². The van der Waals surface area contributed by atoms with Gasteiger partial charge in [0.05, 0.1) is 0 Å². The molecule has 0 radical (unpaired) electrons. The molecule has 5 N–H and O–H groups in total. The number of nitrogens with two attached hydrogens (primary N) is 1. The van der Waals surface area contributed by atoms with E-state index < -0.39 is 30.7 Å². The Morgan fingerprint density at radius 3 is 2.31 bits per heavy atom. The van der Waals surface area contributed by atoms with Gasteiger partial charge >= 0.3 is 0 Å². The lowest BCUT2D eigenvalue weighted by molar-refractivity contribution is -0.287. The summed E-state index contributed by atoms with van der Waals surface area (Å²) < 4.78 is 9.83. The number of hydrogen-bond donors (Lipinski definition) is 4. The Labute approximate surface area is 75.9 Å². The molecular weight excluding hydrogens is 178 g/mol. The van der Waals surface area contributed by atoms with Crippen molar-refractivity contribution >= 4 is 0 Å². The minimum Gasteiger partial charge on any atom is -0.388 e. The zero-order valence-electron chi connectivity index (χ0n) is 7.33. The summed E-state index contributed by atoms with van der Waals surface area (Å²) in [6, 6.07) is 0. The lowest BCUT2D eigenvalue weighted by atomic mass is 9.99. The highest BCUT2D eigenvalue weighted by molar-refractivity contribution is 4.89. The van der Waals surface area contributed by atoms with Crippen LogP contribution in [-0.4, -0.2) is 59.7 Å². The molecule has 0 bridgehead atoms. The molecule has 1 unspecified atom stereocenters. The van der Waals surface area contributed by atoms with Crippen LogP contribution in [0.4, 0.5) is 0 Å². The van der Waals surface area contributed by atoms with Crippen molar-refractivity contribution < 1.29 is 24.8 Å². The lowest BCUT2D eigenvalue weighted by Crippen LogP contribution is -2.59. The van der Waals surface area contributed by atoms with E-state index >= 15 is 0 Å². The Morgan fingerprint density at radius 1 is 1.23 bits per heavy atom. The molecule has 78 valence electrons. The van der Waals surface area contributed by atoms with Crippen LogP contribution in [0.5, 0.6) is 0 Å². The summed E-state index contributed by atoms with van der Waals surface area (Å²) in [5.74, 6) is 0. The van der Waals surface area contributed by atoms with Gasteiger partial charge < -0.3 is 30.5 Å². The average Bonchev–Trinajstić information content (AvgIpc) is 2.15. The molecule has 0 aliphatic carbocycles. The third kappa shape index (κ3) is 1.98. The maximum Gasteiger partial charge on any atom is 0.186 e. The van der Waals surface area contributed by atoms with Gasteiger partial charge in [0, 0.05) is 13.7 Å². The van der Waals surface area contributed by atoms with Crippen LogP contribution in [-0.2, 0) is 9.47 Å². The van der Waals surface area contributed by atoms with Gasteiger partial charge in [-0.1, -0.05) is 0 Å². The Morgan fingerprint density at radius 2 is 1.85 bits per heavy atom. The van der Waals surface area contributed by atoms with Crippen molar-refractivity contribution in [3.05, 3.63) is 0 Å². The molecule has 0 aromatic heterocycles. The largest absolute Gasteiger partial charge is 0.388 e. The molecule has 1 aliphatic rings. The number of ether oxygens (including phenoxy) is 2. The van der Waals surface area contributed by atoms with Crippen molar-refractivity contribution in [3.63, 3.8) is 0 Å². The molecule has 0 aromatic rings. The first kappa shape index (κ1) is 10.8. The second-order valence-electron chi connectivity index (χ2n) is 2.99. The number of methoxy groups -OCH3 is 1. The maximum absolute atomic E-state index is 9.35. The van der Waals surface area contributed by atoms with Crippen LogP contribution in [0.25, 0.3) is 0 Å². The number of rotatable bonds is 2. The van der Waals surface area contributed by atoms with Crippen LogP contribution in [0.2, 0.25) is 0 Å². The van der Waals surface area contributed by atoms with E-state index in [-0.39, 0.29) is 6.54 Å². The van der Waals surface area contributed by atoms with Gasteiger partial charge in [0.25, 0.3) is 0 Å². The first-order valence-electron chi connectivity index (χ1n) is 4.04. The molecule has 1 aliphatic heterocycles. The van der Waals surface area contributed by atoms with Crippen molar-refractivity contribution in [2.45, 2.75) is 30.7 Å². The molecule has 1 fully saturated rings. The normalized spacial score (nSPS) is 46.4. The van der Waals surface area contributed by atoms with E-state index in [1.165, 1.54) is 7.11 Å². The van der Waals surface area contributed by atoms with E-state index in [2.05, 4.69) is 0 Å². The van der Waals surface area contributed by atoms with Crippen LogP contribution in [0.3, 0.4) is 0 Å². The van der Waals surface area contributed by atoms with Gasteiger partial charge in [0.15, 0.2) is 6.29 Å². The molecule has 5 atom stereocenters. The molecule has 13 heavy (non-hydrogen) atoms. The first-order valence-corrected chi connectivity index (χ1v) is 4.04. The molecule has 1 heterocycles. The zero-order chi connectivity index (χ0) is 10.0. The first-order chi connectivity index (χ1) is 6.11. The fourth-order valence-electron chi connectivity index (χ4n) is 1.31. The predicted molar refractivity (Wildman–Crippen MR) is 42.7 cm³/mol. The van der Waals surface area contributed by atoms with Crippen LogP contribution >= 0.6 is 0 Å². The minimum atomic E-state index is -1.28. The molecule has 6 nitrogen and oxygen atoms in total. The smallest absolute Gasteiger partial charge is 0.186 e. The zero-order valence-corrected chi connectivity index (χ0v) is 7.33. The van der Waals surface area contributed by atoms with Gasteiger partial charge in [0.2, 0.25) is 0 Å². The highest BCUT2D eigenvalue weighted by Gasteiger charge is 2.43. The molecule has 0 spiro atoms. The fourth-order valence-corrected chi connectivity index (χ4v) is 1.31. The molecule has 0 saturated carbocycles. The third-order valence-corrected chi connectivity index (χ3v) is 2.13. The van der Waals surface area contributed by atoms with Crippen molar-refractivity contribution in [1.82, 2.24) is 0 Å². The molecule has 1 rings (SSSR count). The highest BCUT2D eigenvalue weighted by Crippen LogP contribution is 2.20. The van der Waals surface area contributed by atoms with E-state index in [1.54, 1.807) is 0 Å². The number of hydrogen-bond acceptors (Lipinski definition) is 6. The summed E-state index contributed by atoms with van der Waals surface area (Å²) in [7, 11) is 1.34. The summed E-state index contributed by atoms with van der Waals surface area (Å²) >= 11 is 0. The molecule has 1 saturated heterocycles. The van der Waals surface area contributed by atoms with Crippen LogP contribution in [0.1, 0.15) is 0 Å². The van der Waals surface area contributed by atoms with Gasteiger partial charge in [-0.05, 0) is 0 Å². The summed E-state index contributed by atoms with van der Waals surface area (Å²) in [5.41, 5.74) is 5.28. The van der Waals surface area contributed by atoms with Crippen molar-refractivity contribution in [1.29, 1.82) is 0 Å². The Bertz CT molecular complexity index is 147. The van der Waals surface area contributed by atoms with Crippen molar-refractivity contribution in [2.75, 3.05) is 13.7 Å². The monoisotopic (exact) mass is 193 g/mol. The van der Waals surface area contributed by atoms with Crippen LogP contribution < -0.4 is 5.73 Å². The van der Waals surface area contributed by atoms with E-state index in [1.807, 2.05) is 0 Å². The van der Waals surface area contributed by atoms with Gasteiger partial charge in [-0.3, -0.25) is 0 Å².